The number of carbonyl (C=O) groups is 3. The van der Waals surface area contributed by atoms with Gasteiger partial charge < -0.3 is 34.7 Å². The Morgan fingerprint density at radius 3 is 2.49 bits per heavy atom. The summed E-state index contributed by atoms with van der Waals surface area (Å²) < 4.78 is 13.8. The van der Waals surface area contributed by atoms with Gasteiger partial charge >= 0.3 is 5.97 Å². The molecule has 1 aromatic heterocycles. The summed E-state index contributed by atoms with van der Waals surface area (Å²) in [5, 5.41) is 16.2. The topological polar surface area (TPSA) is 122 Å². The molecule has 2 saturated carbocycles. The molecule has 0 unspecified atom stereocenters. The fourth-order valence-corrected chi connectivity index (χ4v) is 8.05. The van der Waals surface area contributed by atoms with Crippen LogP contribution in [0.15, 0.2) is 60.7 Å². The number of hydrogen-bond acceptors (Lipinski definition) is 6. The number of likely N-dealkylation sites (N-methyl/N-ethyl adjacent to an activating group) is 1. The average molecular weight is 691 g/mol. The average Bonchev–Trinajstić information content (AvgIpc) is 3.37. The summed E-state index contributed by atoms with van der Waals surface area (Å²) in [6, 6.07) is 17.5. The summed E-state index contributed by atoms with van der Waals surface area (Å²) in [5.74, 6) is 0.0581. The lowest BCUT2D eigenvalue weighted by atomic mass is 9.75. The molecule has 2 heterocycles. The third-order valence-electron chi connectivity index (χ3n) is 10.9. The van der Waals surface area contributed by atoms with Crippen molar-refractivity contribution in [2.75, 3.05) is 37.5 Å². The van der Waals surface area contributed by atoms with E-state index in [-0.39, 0.29) is 11.8 Å². The van der Waals surface area contributed by atoms with Gasteiger partial charge in [0.15, 0.2) is 0 Å². The largest absolute Gasteiger partial charge is 0.495 e. The Morgan fingerprint density at radius 1 is 0.980 bits per heavy atom. The normalized spacial score (nSPS) is 16.9. The summed E-state index contributed by atoms with van der Waals surface area (Å²) in [6.45, 7) is 4.20. The number of hydrogen-bond donors (Lipinski definition) is 3. The number of methoxy groups -OCH3 is 1. The van der Waals surface area contributed by atoms with E-state index in [1.165, 1.54) is 54.7 Å². The van der Waals surface area contributed by atoms with Gasteiger partial charge in [0.05, 0.1) is 25.1 Å². The maximum atomic E-state index is 14.0. The maximum Gasteiger partial charge on any atom is 0.328 e. The first kappa shape index (κ1) is 34.2. The molecule has 0 saturated heterocycles. The van der Waals surface area contributed by atoms with Gasteiger partial charge in [-0.3, -0.25) is 9.59 Å². The number of fused-ring (bicyclic) bond motifs is 5. The van der Waals surface area contributed by atoms with E-state index in [2.05, 4.69) is 51.4 Å². The molecular weight excluding hydrogens is 644 g/mol. The standard InChI is InChI=1S/C41H46N4O6/c1-4-51-29-14-16-31-33(25-29)44(2)21-22-45-34-24-28(13-15-30(34)37(38(31)45)27-9-6-5-7-10-27)39(48)43-41(19-8-20-41)40(49)42-32-17-11-26(12-18-36(46)47)23-35(32)50-3/h11-18,23-25,27H,4-10,19-22H2,1-3H3,(H,42,49)(H,43,48)(H,46,47)/b18-12+. The van der Waals surface area contributed by atoms with E-state index in [4.69, 9.17) is 14.6 Å². The molecule has 3 aliphatic rings. The minimum atomic E-state index is -1.06. The van der Waals surface area contributed by atoms with Crippen molar-refractivity contribution in [3.8, 4) is 22.8 Å². The number of nitrogens with one attached hydrogen (secondary N) is 2. The van der Waals surface area contributed by atoms with Crippen LogP contribution in [0.1, 0.15) is 85.7 Å². The number of rotatable bonds is 10. The third-order valence-corrected chi connectivity index (χ3v) is 10.9. The van der Waals surface area contributed by atoms with Crippen LogP contribution in [0.2, 0.25) is 0 Å². The lowest BCUT2D eigenvalue weighted by Crippen LogP contribution is -2.61. The SMILES string of the molecule is CCOc1ccc2c(c1)N(C)CCn1c-2c(C2CCCCC2)c2ccc(C(=O)NC3(C(=O)Nc4ccc(/C=C/C(=O)O)cc4OC)CCC3)cc21. The van der Waals surface area contributed by atoms with Crippen LogP contribution in [0, 0.1) is 0 Å². The van der Waals surface area contributed by atoms with E-state index >= 15 is 0 Å². The van der Waals surface area contributed by atoms with E-state index in [0.717, 1.165) is 55.4 Å². The van der Waals surface area contributed by atoms with Crippen LogP contribution in [-0.2, 0) is 16.1 Å². The Bertz CT molecular complexity index is 2020. The number of aromatic nitrogens is 1. The zero-order valence-electron chi connectivity index (χ0n) is 29.6. The van der Waals surface area contributed by atoms with Gasteiger partial charge in [-0.05, 0) is 98.5 Å². The molecule has 0 radical (unpaired) electrons. The second-order valence-electron chi connectivity index (χ2n) is 14.0. The van der Waals surface area contributed by atoms with Crippen molar-refractivity contribution in [2.24, 2.45) is 0 Å². The first-order valence-electron chi connectivity index (χ1n) is 18.1. The Balaban J connectivity index is 1.21. The number of ether oxygens (including phenoxy) is 2. The summed E-state index contributed by atoms with van der Waals surface area (Å²) >= 11 is 0. The predicted octanol–water partition coefficient (Wildman–Crippen LogP) is 7.60. The first-order valence-corrected chi connectivity index (χ1v) is 18.1. The van der Waals surface area contributed by atoms with Crippen LogP contribution in [0.5, 0.6) is 11.5 Å². The van der Waals surface area contributed by atoms with Crippen LogP contribution >= 0.6 is 0 Å². The van der Waals surface area contributed by atoms with Gasteiger partial charge in [0.2, 0.25) is 5.91 Å². The minimum Gasteiger partial charge on any atom is -0.495 e. The summed E-state index contributed by atoms with van der Waals surface area (Å²) in [7, 11) is 3.62. The van der Waals surface area contributed by atoms with E-state index < -0.39 is 11.5 Å². The quantitative estimate of drug-likeness (QED) is 0.147. The van der Waals surface area contributed by atoms with Crippen molar-refractivity contribution in [3.05, 3.63) is 77.4 Å². The Labute approximate surface area is 298 Å². The molecule has 10 nitrogen and oxygen atoms in total. The molecule has 1 aliphatic heterocycles. The molecule has 3 aromatic carbocycles. The Kier molecular flexibility index (Phi) is 9.50. The molecule has 2 fully saturated rings. The molecule has 51 heavy (non-hydrogen) atoms. The van der Waals surface area contributed by atoms with Gasteiger partial charge in [-0.1, -0.05) is 31.4 Å². The van der Waals surface area contributed by atoms with Crippen LogP contribution < -0.4 is 25.0 Å². The second-order valence-corrected chi connectivity index (χ2v) is 14.0. The number of carbonyl (C=O) groups excluding carboxylic acids is 2. The fraction of sp³-hybridized carbons (Fsp3) is 0.390. The highest BCUT2D eigenvalue weighted by Crippen LogP contribution is 2.48. The van der Waals surface area contributed by atoms with Gasteiger partial charge in [0.1, 0.15) is 17.0 Å². The highest BCUT2D eigenvalue weighted by Gasteiger charge is 2.46. The zero-order valence-corrected chi connectivity index (χ0v) is 29.6. The molecule has 266 valence electrons. The van der Waals surface area contributed by atoms with Crippen LogP contribution in [-0.4, -0.2) is 60.3 Å². The van der Waals surface area contributed by atoms with E-state index in [1.807, 2.05) is 19.1 Å². The molecule has 0 spiro atoms. The van der Waals surface area contributed by atoms with Gasteiger partial charge in [-0.15, -0.1) is 0 Å². The number of benzene rings is 3. The highest BCUT2D eigenvalue weighted by atomic mass is 16.5. The minimum absolute atomic E-state index is 0.282. The lowest BCUT2D eigenvalue weighted by molar-refractivity contribution is -0.131. The molecule has 2 amide bonds. The molecule has 10 heteroatoms. The van der Waals surface area contributed by atoms with Gasteiger partial charge in [-0.2, -0.15) is 0 Å². The van der Waals surface area contributed by atoms with E-state index in [0.29, 0.717) is 47.9 Å². The third kappa shape index (κ3) is 6.55. The molecule has 4 aromatic rings. The van der Waals surface area contributed by atoms with E-state index in [9.17, 15) is 14.4 Å². The summed E-state index contributed by atoms with van der Waals surface area (Å²) in [4.78, 5) is 41.1. The monoisotopic (exact) mass is 690 g/mol. The van der Waals surface area contributed by atoms with E-state index in [1.54, 1.807) is 18.2 Å². The maximum absolute atomic E-state index is 14.0. The molecule has 3 N–H and O–H groups in total. The van der Waals surface area contributed by atoms with Crippen molar-refractivity contribution in [2.45, 2.75) is 76.3 Å². The van der Waals surface area contributed by atoms with Gasteiger partial charge in [-0.25, -0.2) is 4.79 Å². The van der Waals surface area contributed by atoms with Gasteiger partial charge in [0.25, 0.3) is 5.91 Å². The Morgan fingerprint density at radius 2 is 1.78 bits per heavy atom. The van der Waals surface area contributed by atoms with Crippen LogP contribution in [0.25, 0.3) is 28.2 Å². The number of carboxylic acids is 1. The van der Waals surface area contributed by atoms with Crippen LogP contribution in [0.4, 0.5) is 11.4 Å². The predicted molar refractivity (Wildman–Crippen MR) is 200 cm³/mol. The smallest absolute Gasteiger partial charge is 0.328 e. The number of anilines is 2. The lowest BCUT2D eigenvalue weighted by Gasteiger charge is -2.40. The summed E-state index contributed by atoms with van der Waals surface area (Å²) in [5.41, 5.74) is 6.54. The van der Waals surface area contributed by atoms with Crippen molar-refractivity contribution >= 4 is 46.1 Å². The summed E-state index contributed by atoms with van der Waals surface area (Å²) in [6.07, 6.45) is 10.4. The number of carboxylic acid groups (broad SMARTS) is 1. The van der Waals surface area contributed by atoms with Gasteiger partial charge in [0, 0.05) is 60.0 Å². The molecular formula is C41H46N4O6. The Hall–Kier alpha value is -5.25. The number of aliphatic carboxylic acids is 1. The van der Waals surface area contributed by atoms with Crippen molar-refractivity contribution < 1.29 is 29.0 Å². The second kappa shape index (κ2) is 14.2. The number of amides is 2. The molecule has 0 atom stereocenters. The number of nitrogens with zero attached hydrogens (tertiary/aromatic N) is 2. The van der Waals surface area contributed by atoms with Crippen molar-refractivity contribution in [1.82, 2.24) is 9.88 Å². The molecule has 7 rings (SSSR count). The van der Waals surface area contributed by atoms with Crippen LogP contribution in [0.3, 0.4) is 0 Å². The highest BCUT2D eigenvalue weighted by molar-refractivity contribution is 6.07. The molecule has 0 bridgehead atoms. The van der Waals surface area contributed by atoms with Crippen molar-refractivity contribution in [1.29, 1.82) is 0 Å². The molecule has 2 aliphatic carbocycles. The van der Waals surface area contributed by atoms with Crippen molar-refractivity contribution in [3.63, 3.8) is 0 Å². The first-order chi connectivity index (χ1) is 24.7. The zero-order chi connectivity index (χ0) is 35.7. The fourth-order valence-electron chi connectivity index (χ4n) is 8.05.